The molecule has 0 aliphatic heterocycles. The normalized spacial score (nSPS) is 11.4. The van der Waals surface area contributed by atoms with Crippen LogP contribution in [-0.4, -0.2) is 24.1 Å². The largest absolute Gasteiger partial charge is 0.283 e. The van der Waals surface area contributed by atoms with Gasteiger partial charge in [-0.3, -0.25) is 9.48 Å². The highest BCUT2D eigenvalue weighted by atomic mass is 32.2. The van der Waals surface area contributed by atoms with E-state index < -0.39 is 15.9 Å². The second-order valence-electron chi connectivity index (χ2n) is 8.06. The molecule has 0 atom stereocenters. The summed E-state index contributed by atoms with van der Waals surface area (Å²) in [6.07, 6.45) is 0. The molecule has 4 rings (SSSR count). The number of aryl methyl sites for hydroxylation is 3. The van der Waals surface area contributed by atoms with E-state index in [1.807, 2.05) is 63.2 Å². The van der Waals surface area contributed by atoms with Gasteiger partial charge in [-0.1, -0.05) is 60.2 Å². The van der Waals surface area contributed by atoms with Gasteiger partial charge in [0.1, 0.15) is 5.69 Å². The van der Waals surface area contributed by atoms with Crippen LogP contribution in [0.2, 0.25) is 0 Å². The van der Waals surface area contributed by atoms with Crippen LogP contribution >= 0.6 is 0 Å². The standard InChI is InChI=1S/C26H25N3O3S/c1-18-9-7-12-21(15-18)24-16-25(26(30)28-33(31,32)22-13-5-4-6-14-22)29(27-24)17-23-19(2)10-8-11-20(23)3/h4-16H,17H2,1-3H3,(H,28,30). The molecule has 0 saturated carbocycles. The number of hydrogen-bond donors (Lipinski definition) is 1. The second-order valence-corrected chi connectivity index (χ2v) is 9.74. The first-order valence-corrected chi connectivity index (χ1v) is 12.0. The van der Waals surface area contributed by atoms with Crippen molar-refractivity contribution in [2.45, 2.75) is 32.2 Å². The van der Waals surface area contributed by atoms with E-state index in [1.54, 1.807) is 28.9 Å². The first-order valence-electron chi connectivity index (χ1n) is 10.6. The summed E-state index contributed by atoms with van der Waals surface area (Å²) in [6, 6.07) is 23.3. The van der Waals surface area contributed by atoms with E-state index in [0.29, 0.717) is 12.2 Å². The Morgan fingerprint density at radius 1 is 0.879 bits per heavy atom. The Morgan fingerprint density at radius 2 is 1.55 bits per heavy atom. The molecule has 168 valence electrons. The van der Waals surface area contributed by atoms with Gasteiger partial charge in [0.15, 0.2) is 0 Å². The first-order chi connectivity index (χ1) is 15.7. The molecule has 1 heterocycles. The smallest absolute Gasteiger partial charge is 0.266 e. The number of rotatable bonds is 6. The molecule has 0 spiro atoms. The van der Waals surface area contributed by atoms with Crippen LogP contribution < -0.4 is 4.72 Å². The van der Waals surface area contributed by atoms with Crippen LogP contribution in [0.4, 0.5) is 0 Å². The van der Waals surface area contributed by atoms with Crippen LogP contribution in [0.15, 0.2) is 83.8 Å². The van der Waals surface area contributed by atoms with E-state index in [9.17, 15) is 13.2 Å². The molecular formula is C26H25N3O3S. The van der Waals surface area contributed by atoms with Crippen molar-refractivity contribution in [2.75, 3.05) is 0 Å². The molecule has 0 bridgehead atoms. The third kappa shape index (κ3) is 4.88. The number of nitrogens with one attached hydrogen (secondary N) is 1. The fourth-order valence-electron chi connectivity index (χ4n) is 3.75. The fraction of sp³-hybridized carbons (Fsp3) is 0.154. The van der Waals surface area contributed by atoms with Crippen molar-refractivity contribution in [3.8, 4) is 11.3 Å². The van der Waals surface area contributed by atoms with E-state index in [2.05, 4.69) is 9.82 Å². The highest BCUT2D eigenvalue weighted by Crippen LogP contribution is 2.23. The van der Waals surface area contributed by atoms with Gasteiger partial charge < -0.3 is 0 Å². The minimum Gasteiger partial charge on any atom is -0.266 e. The highest BCUT2D eigenvalue weighted by Gasteiger charge is 2.23. The monoisotopic (exact) mass is 459 g/mol. The van der Waals surface area contributed by atoms with Gasteiger partial charge in [0.2, 0.25) is 0 Å². The molecule has 0 aliphatic carbocycles. The lowest BCUT2D eigenvalue weighted by Crippen LogP contribution is -2.32. The lowest BCUT2D eigenvalue weighted by atomic mass is 10.0. The number of carbonyl (C=O) groups is 1. The maximum atomic E-state index is 13.2. The Morgan fingerprint density at radius 3 is 2.21 bits per heavy atom. The summed E-state index contributed by atoms with van der Waals surface area (Å²) in [5, 5.41) is 4.68. The van der Waals surface area contributed by atoms with Crippen molar-refractivity contribution in [3.05, 3.63) is 107 Å². The number of hydrogen-bond acceptors (Lipinski definition) is 4. The van der Waals surface area contributed by atoms with Crippen molar-refractivity contribution in [3.63, 3.8) is 0 Å². The molecule has 4 aromatic rings. The van der Waals surface area contributed by atoms with Gasteiger partial charge in [-0.2, -0.15) is 5.10 Å². The number of aromatic nitrogens is 2. The molecule has 0 saturated heterocycles. The van der Waals surface area contributed by atoms with E-state index in [0.717, 1.165) is 27.8 Å². The lowest BCUT2D eigenvalue weighted by Gasteiger charge is -2.13. The molecule has 0 radical (unpaired) electrons. The molecule has 3 aromatic carbocycles. The molecule has 1 aromatic heterocycles. The molecule has 0 aliphatic rings. The maximum absolute atomic E-state index is 13.2. The average molecular weight is 460 g/mol. The SMILES string of the molecule is Cc1cccc(-c2cc(C(=O)NS(=O)(=O)c3ccccc3)n(Cc3c(C)cccc3C)n2)c1. The topological polar surface area (TPSA) is 81.1 Å². The summed E-state index contributed by atoms with van der Waals surface area (Å²) in [7, 11) is -4.02. The van der Waals surface area contributed by atoms with Crippen molar-refractivity contribution in [1.29, 1.82) is 0 Å². The quantitative estimate of drug-likeness (QED) is 0.455. The van der Waals surface area contributed by atoms with Crippen molar-refractivity contribution in [1.82, 2.24) is 14.5 Å². The first kappa shape index (κ1) is 22.5. The number of sulfonamides is 1. The molecule has 33 heavy (non-hydrogen) atoms. The number of amides is 1. The third-order valence-electron chi connectivity index (χ3n) is 5.56. The minimum absolute atomic E-state index is 0.0260. The number of carbonyl (C=O) groups excluding carboxylic acids is 1. The van der Waals surface area contributed by atoms with Gasteiger partial charge in [0.05, 0.1) is 17.1 Å². The summed E-state index contributed by atoms with van der Waals surface area (Å²) >= 11 is 0. The molecular weight excluding hydrogens is 434 g/mol. The number of benzene rings is 3. The Labute approximate surface area is 194 Å². The highest BCUT2D eigenvalue weighted by molar-refractivity contribution is 7.90. The van der Waals surface area contributed by atoms with Crippen LogP contribution in [0.25, 0.3) is 11.3 Å². The number of nitrogens with zero attached hydrogens (tertiary/aromatic N) is 2. The van der Waals surface area contributed by atoms with E-state index in [-0.39, 0.29) is 10.6 Å². The molecule has 7 heteroatoms. The Balaban J connectivity index is 1.76. The van der Waals surface area contributed by atoms with Gasteiger partial charge in [-0.25, -0.2) is 13.1 Å². The van der Waals surface area contributed by atoms with Gasteiger partial charge in [0.25, 0.3) is 15.9 Å². The van der Waals surface area contributed by atoms with Gasteiger partial charge in [0, 0.05) is 5.56 Å². The predicted octanol–water partition coefficient (Wildman–Crippen LogP) is 4.64. The van der Waals surface area contributed by atoms with Crippen LogP contribution in [0.1, 0.15) is 32.7 Å². The Hall–Kier alpha value is -3.71. The van der Waals surface area contributed by atoms with Crippen LogP contribution in [0, 0.1) is 20.8 Å². The summed E-state index contributed by atoms with van der Waals surface area (Å²) in [4.78, 5) is 13.2. The molecule has 1 N–H and O–H groups in total. The van der Waals surface area contributed by atoms with Crippen LogP contribution in [0.5, 0.6) is 0 Å². The van der Waals surface area contributed by atoms with Crippen molar-refractivity contribution >= 4 is 15.9 Å². The van der Waals surface area contributed by atoms with E-state index in [4.69, 9.17) is 0 Å². The average Bonchev–Trinajstić information content (AvgIpc) is 3.21. The fourth-order valence-corrected chi connectivity index (χ4v) is 4.73. The molecule has 1 amide bonds. The zero-order valence-corrected chi connectivity index (χ0v) is 19.6. The molecule has 0 fully saturated rings. The van der Waals surface area contributed by atoms with E-state index >= 15 is 0 Å². The van der Waals surface area contributed by atoms with Gasteiger partial charge in [-0.05, 0) is 61.7 Å². The van der Waals surface area contributed by atoms with Gasteiger partial charge in [-0.15, -0.1) is 0 Å². The Bertz CT molecular complexity index is 1400. The van der Waals surface area contributed by atoms with Crippen LogP contribution in [-0.2, 0) is 16.6 Å². The zero-order chi connectivity index (χ0) is 23.6. The van der Waals surface area contributed by atoms with Crippen molar-refractivity contribution < 1.29 is 13.2 Å². The predicted molar refractivity (Wildman–Crippen MR) is 129 cm³/mol. The van der Waals surface area contributed by atoms with Gasteiger partial charge >= 0.3 is 0 Å². The summed E-state index contributed by atoms with van der Waals surface area (Å²) in [5.74, 6) is -0.725. The van der Waals surface area contributed by atoms with Crippen LogP contribution in [0.3, 0.4) is 0 Å². The third-order valence-corrected chi connectivity index (χ3v) is 6.91. The summed E-state index contributed by atoms with van der Waals surface area (Å²) < 4.78 is 29.3. The maximum Gasteiger partial charge on any atom is 0.283 e. The summed E-state index contributed by atoms with van der Waals surface area (Å²) in [5.41, 5.74) is 5.89. The van der Waals surface area contributed by atoms with Crippen molar-refractivity contribution in [2.24, 2.45) is 0 Å². The second kappa shape index (κ2) is 9.03. The molecule has 0 unspecified atom stereocenters. The molecule has 6 nitrogen and oxygen atoms in total. The minimum atomic E-state index is -4.02. The lowest BCUT2D eigenvalue weighted by molar-refractivity contribution is 0.0971. The zero-order valence-electron chi connectivity index (χ0n) is 18.7. The Kier molecular flexibility index (Phi) is 6.16. The van der Waals surface area contributed by atoms with E-state index in [1.165, 1.54) is 12.1 Å². The summed E-state index contributed by atoms with van der Waals surface area (Å²) in [6.45, 7) is 6.34.